The summed E-state index contributed by atoms with van der Waals surface area (Å²) in [6, 6.07) is 0.508. The molecule has 134 valence electrons. The molecule has 6 heteroatoms. The molecule has 0 aromatic rings. The van der Waals surface area contributed by atoms with E-state index in [0.29, 0.717) is 0 Å². The fourth-order valence-electron chi connectivity index (χ4n) is 5.22. The molecular formula is C18H28N2O4. The molecular weight excluding hydrogens is 308 g/mol. The Balaban J connectivity index is 1.29. The predicted molar refractivity (Wildman–Crippen MR) is 87.1 cm³/mol. The van der Waals surface area contributed by atoms with Crippen molar-refractivity contribution >= 4 is 11.9 Å². The molecule has 0 radical (unpaired) electrons. The second-order valence-electron chi connectivity index (χ2n) is 8.93. The van der Waals surface area contributed by atoms with Gasteiger partial charge in [-0.1, -0.05) is 13.8 Å². The molecule has 6 aliphatic rings. The van der Waals surface area contributed by atoms with Gasteiger partial charge in [0.1, 0.15) is 12.2 Å². The largest absolute Gasteiger partial charge is 0.458 e. The van der Waals surface area contributed by atoms with Gasteiger partial charge in [0.05, 0.1) is 11.8 Å². The number of fused-ring (bicyclic) bond motifs is 2. The number of nitrogens with one attached hydrogen (secondary N) is 2. The van der Waals surface area contributed by atoms with Crippen molar-refractivity contribution in [1.82, 2.24) is 10.6 Å². The molecule has 0 unspecified atom stereocenters. The second kappa shape index (κ2) is 5.18. The van der Waals surface area contributed by atoms with Crippen molar-refractivity contribution < 1.29 is 19.1 Å². The third-order valence-electron chi connectivity index (χ3n) is 6.99. The Morgan fingerprint density at radius 2 is 1.25 bits per heavy atom. The maximum atomic E-state index is 12.4. The van der Waals surface area contributed by atoms with Crippen molar-refractivity contribution in [3.63, 3.8) is 0 Å². The number of hydrogen-bond acceptors (Lipinski definition) is 6. The molecule has 2 aliphatic carbocycles. The Hall–Kier alpha value is -1.14. The average molecular weight is 336 g/mol. The smallest absolute Gasteiger partial charge is 0.311 e. The van der Waals surface area contributed by atoms with Crippen LogP contribution in [-0.4, -0.2) is 49.3 Å². The minimum Gasteiger partial charge on any atom is -0.458 e. The summed E-state index contributed by atoms with van der Waals surface area (Å²) < 4.78 is 11.2. The topological polar surface area (TPSA) is 76.7 Å². The molecule has 0 aromatic carbocycles. The maximum Gasteiger partial charge on any atom is 0.311 e. The Morgan fingerprint density at radius 3 is 1.50 bits per heavy atom. The van der Waals surface area contributed by atoms with E-state index in [-0.39, 0.29) is 46.7 Å². The van der Waals surface area contributed by atoms with Crippen LogP contribution in [0.5, 0.6) is 0 Å². The fraction of sp³-hybridized carbons (Fsp3) is 0.889. The SMILES string of the molecule is C[C@H](OC(=O)[C@@H]1[C@H]2C[C@]1(C)CN2)[C@H](C)OC(=O)[C@@H]1[C@H]2C[C@]1(C)CN2. The van der Waals surface area contributed by atoms with Crippen LogP contribution in [0.1, 0.15) is 40.5 Å². The van der Waals surface area contributed by atoms with Crippen LogP contribution < -0.4 is 10.6 Å². The molecule has 6 nitrogen and oxygen atoms in total. The van der Waals surface area contributed by atoms with Gasteiger partial charge < -0.3 is 20.1 Å². The van der Waals surface area contributed by atoms with Crippen LogP contribution in [-0.2, 0) is 19.1 Å². The van der Waals surface area contributed by atoms with Gasteiger partial charge >= 0.3 is 11.9 Å². The first-order valence-corrected chi connectivity index (χ1v) is 9.11. The zero-order valence-corrected chi connectivity index (χ0v) is 14.9. The first-order chi connectivity index (χ1) is 11.2. The summed E-state index contributed by atoms with van der Waals surface area (Å²) in [5, 5.41) is 6.72. The van der Waals surface area contributed by atoms with Crippen molar-refractivity contribution in [1.29, 1.82) is 0 Å². The lowest BCUT2D eigenvalue weighted by molar-refractivity contribution is -0.180. The van der Waals surface area contributed by atoms with Crippen LogP contribution in [0, 0.1) is 22.7 Å². The molecule has 4 aliphatic heterocycles. The van der Waals surface area contributed by atoms with Gasteiger partial charge in [-0.05, 0) is 37.5 Å². The number of carbonyl (C=O) groups excluding carboxylic acids is 2. The van der Waals surface area contributed by atoms with E-state index < -0.39 is 12.2 Å². The summed E-state index contributed by atoms with van der Waals surface area (Å²) >= 11 is 0. The van der Waals surface area contributed by atoms with Crippen LogP contribution in [0.3, 0.4) is 0 Å². The summed E-state index contributed by atoms with van der Waals surface area (Å²) in [7, 11) is 0. The highest BCUT2D eigenvalue weighted by atomic mass is 16.6. The molecule has 4 heterocycles. The maximum absolute atomic E-state index is 12.4. The van der Waals surface area contributed by atoms with Gasteiger partial charge in [0.25, 0.3) is 0 Å². The Labute approximate surface area is 143 Å². The van der Waals surface area contributed by atoms with Gasteiger partial charge in [-0.15, -0.1) is 0 Å². The van der Waals surface area contributed by atoms with Crippen LogP contribution in [0.2, 0.25) is 0 Å². The van der Waals surface area contributed by atoms with Crippen molar-refractivity contribution in [3.05, 3.63) is 0 Å². The van der Waals surface area contributed by atoms with E-state index in [1.807, 2.05) is 13.8 Å². The van der Waals surface area contributed by atoms with Crippen molar-refractivity contribution in [2.24, 2.45) is 22.7 Å². The molecule has 8 atom stereocenters. The predicted octanol–water partition coefficient (Wildman–Crippen LogP) is 0.846. The summed E-state index contributed by atoms with van der Waals surface area (Å²) in [4.78, 5) is 24.9. The summed E-state index contributed by atoms with van der Waals surface area (Å²) in [6.07, 6.45) is 1.23. The molecule has 0 spiro atoms. The lowest BCUT2D eigenvalue weighted by Crippen LogP contribution is -2.52. The zero-order chi connectivity index (χ0) is 17.3. The molecule has 4 saturated heterocycles. The minimum absolute atomic E-state index is 0.0345. The first-order valence-electron chi connectivity index (χ1n) is 9.11. The molecule has 2 N–H and O–H groups in total. The molecule has 6 fully saturated rings. The van der Waals surface area contributed by atoms with Gasteiger partial charge in [-0.3, -0.25) is 9.59 Å². The van der Waals surface area contributed by atoms with Crippen LogP contribution in [0.25, 0.3) is 0 Å². The van der Waals surface area contributed by atoms with E-state index >= 15 is 0 Å². The average Bonchev–Trinajstić information content (AvgIpc) is 3.17. The van der Waals surface area contributed by atoms with Crippen LogP contribution >= 0.6 is 0 Å². The van der Waals surface area contributed by atoms with Crippen molar-refractivity contribution in [2.75, 3.05) is 13.1 Å². The lowest BCUT2D eigenvalue weighted by Gasteiger charge is -2.43. The van der Waals surface area contributed by atoms with Gasteiger partial charge in [-0.2, -0.15) is 0 Å². The standard InChI is InChI=1S/C18H28N2O4/c1-9(23-15(21)13-11-5-17(13,3)7-19-11)10(2)24-16(22)14-12-6-18(14,4)8-20-12/h9-14,19-20H,5-8H2,1-4H3/t9-,10-,11+,12+,13-,14-,17+,18+/m0/s1. The highest BCUT2D eigenvalue weighted by molar-refractivity contribution is 5.78. The van der Waals surface area contributed by atoms with E-state index in [2.05, 4.69) is 24.5 Å². The van der Waals surface area contributed by atoms with E-state index in [1.54, 1.807) is 0 Å². The van der Waals surface area contributed by atoms with Gasteiger partial charge in [0, 0.05) is 25.2 Å². The Morgan fingerprint density at radius 1 is 0.875 bits per heavy atom. The van der Waals surface area contributed by atoms with E-state index in [1.165, 1.54) is 0 Å². The van der Waals surface area contributed by atoms with Gasteiger partial charge in [0.2, 0.25) is 0 Å². The Kier molecular flexibility index (Phi) is 3.52. The number of esters is 2. The molecule has 2 saturated carbocycles. The van der Waals surface area contributed by atoms with Crippen molar-refractivity contribution in [2.45, 2.75) is 64.8 Å². The lowest BCUT2D eigenvalue weighted by atomic mass is 9.62. The minimum atomic E-state index is -0.427. The molecule has 0 aromatic heterocycles. The van der Waals surface area contributed by atoms with E-state index in [9.17, 15) is 9.59 Å². The molecule has 4 bridgehead atoms. The molecule has 6 rings (SSSR count). The number of rotatable bonds is 5. The summed E-state index contributed by atoms with van der Waals surface area (Å²) in [6.45, 7) is 9.63. The number of ether oxygens (including phenoxy) is 2. The summed E-state index contributed by atoms with van der Waals surface area (Å²) in [5.41, 5.74) is 0.0690. The van der Waals surface area contributed by atoms with Crippen LogP contribution in [0.15, 0.2) is 0 Å². The molecule has 0 amide bonds. The number of carbonyl (C=O) groups is 2. The quantitative estimate of drug-likeness (QED) is 0.725. The second-order valence-corrected chi connectivity index (χ2v) is 8.93. The fourth-order valence-corrected chi connectivity index (χ4v) is 5.22. The Bertz CT molecular complexity index is 523. The highest BCUT2D eigenvalue weighted by Crippen LogP contribution is 2.52. The monoisotopic (exact) mass is 336 g/mol. The van der Waals surface area contributed by atoms with E-state index in [0.717, 1.165) is 25.9 Å². The summed E-state index contributed by atoms with van der Waals surface area (Å²) in [5.74, 6) is -0.445. The third-order valence-corrected chi connectivity index (χ3v) is 6.99. The zero-order valence-electron chi connectivity index (χ0n) is 14.9. The highest BCUT2D eigenvalue weighted by Gasteiger charge is 2.61. The van der Waals surface area contributed by atoms with Crippen LogP contribution in [0.4, 0.5) is 0 Å². The normalized spacial score (nSPS) is 47.3. The van der Waals surface area contributed by atoms with Gasteiger partial charge in [-0.25, -0.2) is 0 Å². The van der Waals surface area contributed by atoms with Gasteiger partial charge in [0.15, 0.2) is 0 Å². The number of hydrogen-bond donors (Lipinski definition) is 2. The molecule has 24 heavy (non-hydrogen) atoms. The van der Waals surface area contributed by atoms with Crippen molar-refractivity contribution in [3.8, 4) is 0 Å². The van der Waals surface area contributed by atoms with E-state index in [4.69, 9.17) is 9.47 Å². The first kappa shape index (κ1) is 16.3. The third kappa shape index (κ3) is 2.22.